The molecule has 4 aromatic carbocycles. The van der Waals surface area contributed by atoms with Crippen molar-refractivity contribution in [2.45, 2.75) is 35.2 Å². The van der Waals surface area contributed by atoms with E-state index in [0.29, 0.717) is 38.4 Å². The van der Waals surface area contributed by atoms with E-state index in [0.717, 1.165) is 4.90 Å². The van der Waals surface area contributed by atoms with Gasteiger partial charge in [0.25, 0.3) is 0 Å². The van der Waals surface area contributed by atoms with Gasteiger partial charge in [0.1, 0.15) is 15.8 Å². The van der Waals surface area contributed by atoms with Gasteiger partial charge >= 0.3 is 5.97 Å². The van der Waals surface area contributed by atoms with Gasteiger partial charge in [-0.15, -0.1) is 23.2 Å². The lowest BCUT2D eigenvalue weighted by atomic mass is 9.54. The molecule has 3 aliphatic carbocycles. The normalized spacial score (nSPS) is 25.6. The third-order valence-corrected chi connectivity index (χ3v) is 10.8. The number of nitrogens with zero attached hydrogens (tertiary/aromatic N) is 1. The van der Waals surface area contributed by atoms with Gasteiger partial charge in [-0.3, -0.25) is 19.3 Å². The fraction of sp³-hybridized carbons (Fsp3) is 0.222. The molecule has 6 nitrogen and oxygen atoms in total. The monoisotopic (exact) mass is 657 g/mol. The second kappa shape index (κ2) is 10.8. The Morgan fingerprint density at radius 3 is 1.64 bits per heavy atom. The summed E-state index contributed by atoms with van der Waals surface area (Å²) in [6.07, 6.45) is -1.22. The van der Waals surface area contributed by atoms with Crippen LogP contribution in [0.5, 0.6) is 0 Å². The maximum absolute atomic E-state index is 14.6. The first-order valence-electron chi connectivity index (χ1n) is 14.6. The smallest absolute Gasteiger partial charge is 0.330 e. The van der Waals surface area contributed by atoms with Gasteiger partial charge in [-0.05, 0) is 59.0 Å². The summed E-state index contributed by atoms with van der Waals surface area (Å²) in [7, 11) is 0. The maximum Gasteiger partial charge on any atom is 0.330 e. The summed E-state index contributed by atoms with van der Waals surface area (Å²) >= 11 is 21.1. The molecule has 0 aromatic heterocycles. The second-order valence-electron chi connectivity index (χ2n) is 11.7. The minimum absolute atomic E-state index is 0.0249. The van der Waals surface area contributed by atoms with Crippen LogP contribution in [0.4, 0.5) is 0 Å². The lowest BCUT2D eigenvalue weighted by Gasteiger charge is -2.54. The number of hydrogen-bond acceptors (Lipinski definition) is 5. The molecule has 9 heteroatoms. The minimum Gasteiger partial charge on any atom is -0.453 e. The van der Waals surface area contributed by atoms with Crippen molar-refractivity contribution >= 4 is 58.4 Å². The Bertz CT molecular complexity index is 1750. The van der Waals surface area contributed by atoms with Gasteiger partial charge < -0.3 is 4.74 Å². The number of hydrogen-bond donors (Lipinski definition) is 0. The van der Waals surface area contributed by atoms with Crippen molar-refractivity contribution in [3.8, 4) is 0 Å². The second-order valence-corrected chi connectivity index (χ2v) is 13.3. The molecule has 4 aromatic rings. The molecular weight excluding hydrogens is 633 g/mol. The number of ketones is 1. The van der Waals surface area contributed by atoms with Gasteiger partial charge in [-0.25, -0.2) is 4.79 Å². The number of halogens is 3. The average molecular weight is 659 g/mol. The Hall–Kier alpha value is -3.97. The van der Waals surface area contributed by atoms with Crippen LogP contribution in [0.1, 0.15) is 45.1 Å². The molecule has 0 N–H and O–H groups in total. The van der Waals surface area contributed by atoms with Crippen molar-refractivity contribution < 1.29 is 23.9 Å². The molecule has 2 bridgehead atoms. The number of Topliss-reactive ketones (excluding diaryl/α,β-unsaturated/α-hetero) is 1. The number of imide groups is 1. The van der Waals surface area contributed by atoms with Crippen molar-refractivity contribution in [3.05, 3.63) is 142 Å². The zero-order valence-corrected chi connectivity index (χ0v) is 26.2. The standard InChI is InChI=1S/C36H26Cl3NO5/c1-20(31(41)22-15-17-23(37)18-16-22)45-34(44)28(19-21-9-3-2-4-10-21)40-32(42)29-30(33(40)43)36(39)25-12-6-5-11-24(25)35(29,38)26-13-7-8-14-27(26)36/h2-18,20,28-30H,19H2,1H3/t20-,28-,29+,30+,35?,36?/m0/s1. The first kappa shape index (κ1) is 29.7. The van der Waals surface area contributed by atoms with E-state index in [2.05, 4.69) is 0 Å². The summed E-state index contributed by atoms with van der Waals surface area (Å²) in [5, 5.41) is 0.457. The molecule has 45 heavy (non-hydrogen) atoms. The molecule has 1 heterocycles. The van der Waals surface area contributed by atoms with Gasteiger partial charge in [-0.1, -0.05) is 90.5 Å². The molecule has 4 atom stereocenters. The van der Waals surface area contributed by atoms with Gasteiger partial charge in [0.15, 0.2) is 6.10 Å². The summed E-state index contributed by atoms with van der Waals surface area (Å²) < 4.78 is 5.70. The van der Waals surface area contributed by atoms with Gasteiger partial charge in [0.05, 0.1) is 11.8 Å². The Morgan fingerprint density at radius 1 is 0.733 bits per heavy atom. The zero-order chi connectivity index (χ0) is 31.7. The van der Waals surface area contributed by atoms with Crippen molar-refractivity contribution in [2.75, 3.05) is 0 Å². The number of carbonyl (C=O) groups is 4. The van der Waals surface area contributed by atoms with Crippen molar-refractivity contribution in [1.29, 1.82) is 0 Å². The van der Waals surface area contributed by atoms with E-state index in [1.165, 1.54) is 6.92 Å². The Balaban J connectivity index is 1.30. The van der Waals surface area contributed by atoms with Crippen LogP contribution in [0, 0.1) is 11.8 Å². The van der Waals surface area contributed by atoms with Crippen LogP contribution in [-0.2, 0) is 35.3 Å². The fourth-order valence-corrected chi connectivity index (χ4v) is 8.49. The fourth-order valence-electron chi connectivity index (χ4n) is 7.27. The highest BCUT2D eigenvalue weighted by atomic mass is 35.5. The average Bonchev–Trinajstić information content (AvgIpc) is 3.33. The Kier molecular flexibility index (Phi) is 7.16. The summed E-state index contributed by atoms with van der Waals surface area (Å²) in [6.45, 7) is 1.46. The molecule has 0 saturated carbocycles. The Morgan fingerprint density at radius 2 is 1.18 bits per heavy atom. The van der Waals surface area contributed by atoms with E-state index >= 15 is 0 Å². The molecule has 2 amide bonds. The SMILES string of the molecule is C[C@H](OC(=O)[C@H](Cc1ccccc1)N1C(=O)[C@H]2[C@H](C1=O)C1(Cl)c3ccccc3C2(Cl)c2ccccc21)C(=O)c1ccc(Cl)cc1. The highest BCUT2D eigenvalue weighted by Gasteiger charge is 2.73. The molecule has 1 saturated heterocycles. The number of benzene rings is 4. The number of alkyl halides is 2. The number of ether oxygens (including phenoxy) is 1. The number of likely N-dealkylation sites (tertiary alicyclic amines) is 1. The molecule has 8 rings (SSSR count). The number of esters is 1. The summed E-state index contributed by atoms with van der Waals surface area (Å²) in [4.78, 5) is 54.5. The minimum atomic E-state index is -1.39. The van der Waals surface area contributed by atoms with Crippen LogP contribution in [0.2, 0.25) is 5.02 Å². The van der Waals surface area contributed by atoms with Crippen molar-refractivity contribution in [2.24, 2.45) is 11.8 Å². The van der Waals surface area contributed by atoms with Gasteiger partial charge in [-0.2, -0.15) is 0 Å². The summed E-state index contributed by atoms with van der Waals surface area (Å²) in [5.41, 5.74) is 3.65. The Labute approximate surface area is 274 Å². The van der Waals surface area contributed by atoms with E-state index in [1.54, 1.807) is 48.5 Å². The molecule has 226 valence electrons. The molecule has 1 fully saturated rings. The third-order valence-electron chi connectivity index (χ3n) is 9.27. The van der Waals surface area contributed by atoms with Crippen LogP contribution in [0.25, 0.3) is 0 Å². The molecule has 0 radical (unpaired) electrons. The topological polar surface area (TPSA) is 80.8 Å². The number of amides is 2. The molecular formula is C36H26Cl3NO5. The van der Waals surface area contributed by atoms with Crippen LogP contribution in [-0.4, -0.2) is 40.6 Å². The van der Waals surface area contributed by atoms with E-state index < -0.39 is 57.3 Å². The quantitative estimate of drug-likeness (QED) is 0.0961. The highest BCUT2D eigenvalue weighted by Crippen LogP contribution is 2.69. The molecule has 0 spiro atoms. The van der Waals surface area contributed by atoms with Crippen molar-refractivity contribution in [3.63, 3.8) is 0 Å². The zero-order valence-electron chi connectivity index (χ0n) is 24.0. The maximum atomic E-state index is 14.6. The molecule has 1 aliphatic heterocycles. The van der Waals surface area contributed by atoms with Crippen LogP contribution in [0.3, 0.4) is 0 Å². The van der Waals surface area contributed by atoms with Crippen LogP contribution < -0.4 is 0 Å². The van der Waals surface area contributed by atoms with E-state index in [4.69, 9.17) is 39.5 Å². The first-order valence-corrected chi connectivity index (χ1v) is 15.7. The summed E-state index contributed by atoms with van der Waals surface area (Å²) in [6, 6.07) is 28.5. The van der Waals surface area contributed by atoms with Gasteiger partial charge in [0, 0.05) is 17.0 Å². The number of rotatable bonds is 7. The molecule has 0 unspecified atom stereocenters. The first-order chi connectivity index (χ1) is 21.6. The van der Waals surface area contributed by atoms with E-state index in [-0.39, 0.29) is 6.42 Å². The highest BCUT2D eigenvalue weighted by molar-refractivity contribution is 6.36. The van der Waals surface area contributed by atoms with Crippen LogP contribution >= 0.6 is 34.8 Å². The predicted molar refractivity (Wildman–Crippen MR) is 170 cm³/mol. The van der Waals surface area contributed by atoms with Crippen molar-refractivity contribution in [1.82, 2.24) is 4.90 Å². The van der Waals surface area contributed by atoms with E-state index in [1.807, 2.05) is 54.6 Å². The lowest BCUT2D eigenvalue weighted by Crippen LogP contribution is -2.57. The number of carbonyl (C=O) groups excluding carboxylic acids is 4. The van der Waals surface area contributed by atoms with Gasteiger partial charge in [0.2, 0.25) is 17.6 Å². The third kappa shape index (κ3) is 4.30. The van der Waals surface area contributed by atoms with Crippen LogP contribution in [0.15, 0.2) is 103 Å². The largest absolute Gasteiger partial charge is 0.453 e. The predicted octanol–water partition coefficient (Wildman–Crippen LogP) is 6.66. The lowest BCUT2D eigenvalue weighted by molar-refractivity contribution is -0.160. The molecule has 4 aliphatic rings. The summed E-state index contributed by atoms with van der Waals surface area (Å²) in [5.74, 6) is -4.70. The van der Waals surface area contributed by atoms with E-state index in [9.17, 15) is 19.2 Å².